The molecule has 8 aromatic carbocycles. The first-order valence-electron chi connectivity index (χ1n) is 23.7. The zero-order valence-electron chi connectivity index (χ0n) is 40.2. The summed E-state index contributed by atoms with van der Waals surface area (Å²) in [5.41, 5.74) is 13.0. The summed E-state index contributed by atoms with van der Waals surface area (Å²) in [4.78, 5) is 15.0. The van der Waals surface area contributed by atoms with Crippen molar-refractivity contribution in [1.82, 2.24) is 19.5 Å². The quantitative estimate of drug-likeness (QED) is 0.0907. The Morgan fingerprint density at radius 2 is 1.29 bits per heavy atom. The summed E-state index contributed by atoms with van der Waals surface area (Å²) in [7, 11) is -1.30. The van der Waals surface area contributed by atoms with Crippen LogP contribution in [0.3, 0.4) is 0 Å². The van der Waals surface area contributed by atoms with Crippen molar-refractivity contribution in [2.75, 3.05) is 0 Å². The molecule has 0 atom stereocenters. The number of hydrogen-bond donors (Lipinski definition) is 0. The van der Waals surface area contributed by atoms with Crippen molar-refractivity contribution < 1.29 is 28.9 Å². The van der Waals surface area contributed by atoms with E-state index in [1.54, 1.807) is 6.07 Å². The average molecular weight is 1110 g/mol. The van der Waals surface area contributed by atoms with Gasteiger partial charge in [0.25, 0.3) is 0 Å². The monoisotopic (exact) mass is 1110 g/mol. The van der Waals surface area contributed by atoms with Crippen LogP contribution < -0.4 is 5.19 Å². The summed E-state index contributed by atoms with van der Waals surface area (Å²) < 4.78 is 22.0. The third kappa shape index (κ3) is 8.44. The molecule has 0 bridgehead atoms. The minimum absolute atomic E-state index is 0. The van der Waals surface area contributed by atoms with Crippen LogP contribution in [-0.2, 0) is 20.1 Å². The van der Waals surface area contributed by atoms with Gasteiger partial charge in [-0.3, -0.25) is 9.37 Å². The number of nitrogens with zero attached hydrogens (tertiary/aromatic N) is 4. The van der Waals surface area contributed by atoms with Gasteiger partial charge in [-0.2, -0.15) is 0 Å². The molecule has 0 N–H and O–H groups in total. The van der Waals surface area contributed by atoms with Crippen LogP contribution in [0.1, 0.15) is 50.7 Å². The maximum Gasteiger partial charge on any atom is 0.216 e. The third-order valence-electron chi connectivity index (χ3n) is 13.3. The van der Waals surface area contributed by atoms with Crippen LogP contribution in [0, 0.1) is 17.9 Å². The molecule has 0 amide bonds. The fourth-order valence-corrected chi connectivity index (χ4v) is 10.7. The van der Waals surface area contributed by atoms with Crippen LogP contribution in [0.25, 0.3) is 105 Å². The number of aromatic nitrogens is 4. The van der Waals surface area contributed by atoms with E-state index in [1.165, 1.54) is 50.6 Å². The second-order valence-corrected chi connectivity index (χ2v) is 24.7. The molecule has 0 saturated carbocycles. The van der Waals surface area contributed by atoms with Crippen LogP contribution in [0.5, 0.6) is 0 Å². The number of benzene rings is 8. The summed E-state index contributed by atoms with van der Waals surface area (Å²) in [5.74, 6) is 1.03. The SMILES string of the molecule is CC(C)c1cc(-c2ccccc2)cc(C(C)C)c1-n1c(-c2[c-]ccc3c2oc2nc4c(ccc5ccccc54)cc23)nc2ccc3ccccc3c21.C[Si](C)(C)c1ccc(-c2[c-]cc(F)cc2)nc1.[Ir]. The van der Waals surface area contributed by atoms with Gasteiger partial charge in [0.1, 0.15) is 0 Å². The molecule has 0 unspecified atom stereocenters. The number of imidazole rings is 1. The van der Waals surface area contributed by atoms with Gasteiger partial charge in [-0.1, -0.05) is 167 Å². The molecular formula is C62H51FIrN4OSi-2. The van der Waals surface area contributed by atoms with Gasteiger partial charge in [0.2, 0.25) is 5.71 Å². The molecule has 0 aliphatic heterocycles. The normalized spacial score (nSPS) is 11.9. The predicted molar refractivity (Wildman–Crippen MR) is 288 cm³/mol. The Labute approximate surface area is 422 Å². The van der Waals surface area contributed by atoms with Crippen LogP contribution in [0.15, 0.2) is 174 Å². The van der Waals surface area contributed by atoms with Crippen molar-refractivity contribution in [3.63, 3.8) is 0 Å². The second kappa shape index (κ2) is 18.7. The third-order valence-corrected chi connectivity index (χ3v) is 15.3. The molecule has 4 heterocycles. The van der Waals surface area contributed by atoms with Crippen molar-refractivity contribution in [2.45, 2.75) is 59.2 Å². The van der Waals surface area contributed by atoms with Gasteiger partial charge in [0.05, 0.1) is 36.0 Å². The van der Waals surface area contributed by atoms with Crippen molar-refractivity contribution in [1.29, 1.82) is 0 Å². The Morgan fingerprint density at radius 3 is 1.96 bits per heavy atom. The molecule has 0 spiro atoms. The fraction of sp³-hybridized carbons (Fsp3) is 0.145. The number of fused-ring (bicyclic) bond motifs is 9. The van der Waals surface area contributed by atoms with Crippen molar-refractivity contribution in [3.8, 4) is 39.5 Å². The Bertz CT molecular complexity index is 3860. The van der Waals surface area contributed by atoms with Crippen LogP contribution in [0.4, 0.5) is 4.39 Å². The first kappa shape index (κ1) is 46.6. The number of rotatable bonds is 7. The molecule has 70 heavy (non-hydrogen) atoms. The molecule has 8 heteroatoms. The van der Waals surface area contributed by atoms with E-state index in [2.05, 4.69) is 202 Å². The number of hydrogen-bond acceptors (Lipinski definition) is 4. The first-order chi connectivity index (χ1) is 33.4. The topological polar surface area (TPSA) is 56.7 Å². The molecule has 0 aliphatic carbocycles. The van der Waals surface area contributed by atoms with E-state index in [-0.39, 0.29) is 37.8 Å². The van der Waals surface area contributed by atoms with E-state index in [0.717, 1.165) is 77.1 Å². The maximum atomic E-state index is 12.8. The smallest absolute Gasteiger partial charge is 0.216 e. The van der Waals surface area contributed by atoms with E-state index in [0.29, 0.717) is 5.71 Å². The van der Waals surface area contributed by atoms with Gasteiger partial charge >= 0.3 is 0 Å². The number of furan rings is 1. The molecular weight excluding hydrogens is 1060 g/mol. The van der Waals surface area contributed by atoms with E-state index in [9.17, 15) is 4.39 Å². The molecule has 5 nitrogen and oxygen atoms in total. The Balaban J connectivity index is 0.000000268. The Morgan fingerprint density at radius 1 is 0.614 bits per heavy atom. The molecule has 4 aromatic heterocycles. The Kier molecular flexibility index (Phi) is 12.4. The van der Waals surface area contributed by atoms with Gasteiger partial charge in [-0.15, -0.1) is 48.0 Å². The van der Waals surface area contributed by atoms with E-state index >= 15 is 0 Å². The summed E-state index contributed by atoms with van der Waals surface area (Å²) >= 11 is 0. The van der Waals surface area contributed by atoms with Crippen LogP contribution >= 0.6 is 0 Å². The number of halogens is 1. The van der Waals surface area contributed by atoms with Crippen molar-refractivity contribution in [2.24, 2.45) is 0 Å². The van der Waals surface area contributed by atoms with Gasteiger partial charge < -0.3 is 14.0 Å². The van der Waals surface area contributed by atoms with E-state index < -0.39 is 8.07 Å². The molecule has 0 saturated heterocycles. The molecule has 347 valence electrons. The molecule has 0 aliphatic rings. The van der Waals surface area contributed by atoms with E-state index in [1.807, 2.05) is 18.3 Å². The summed E-state index contributed by atoms with van der Waals surface area (Å²) in [6.07, 6.45) is 1.93. The van der Waals surface area contributed by atoms with Crippen LogP contribution in [0.2, 0.25) is 19.6 Å². The van der Waals surface area contributed by atoms with Gasteiger partial charge in [0.15, 0.2) is 0 Å². The van der Waals surface area contributed by atoms with Crippen LogP contribution in [-0.4, -0.2) is 27.6 Å². The van der Waals surface area contributed by atoms with Gasteiger partial charge in [-0.25, -0.2) is 4.98 Å². The standard InChI is InChI=1S/C48H36N3O.C14H15FNSi.Ir/c1-28(2)39-26-34(30-13-6-5-7-14-30)27-40(29(3)4)44(39)51-45-36-18-11-9-16-32(36)23-24-42(45)49-47(51)38-20-12-19-37-41-25-33-22-21-31-15-8-10-17-35(31)43(33)50-48(41)52-46(37)38;1-17(2,3)13-8-9-14(16-10-13)11-4-6-12(15)7-5-11;/h5-19,21-29H,1-4H3;4,6-10H,1-3H3;/q2*-1;. The summed E-state index contributed by atoms with van der Waals surface area (Å²) in [6.45, 7) is 16.0. The van der Waals surface area contributed by atoms with Gasteiger partial charge in [0, 0.05) is 59.4 Å². The molecule has 1 radical (unpaired) electrons. The summed E-state index contributed by atoms with van der Waals surface area (Å²) in [6, 6.07) is 62.5. The van der Waals surface area contributed by atoms with Crippen molar-refractivity contribution in [3.05, 3.63) is 199 Å². The predicted octanol–water partition coefficient (Wildman–Crippen LogP) is 16.4. The second-order valence-electron chi connectivity index (χ2n) is 19.6. The minimum atomic E-state index is -1.30. The fourth-order valence-electron chi connectivity index (χ4n) is 9.63. The van der Waals surface area contributed by atoms with Gasteiger partial charge in [-0.05, 0) is 80.0 Å². The zero-order chi connectivity index (χ0) is 47.6. The molecule has 0 fully saturated rings. The molecule has 12 aromatic rings. The zero-order valence-corrected chi connectivity index (χ0v) is 43.6. The van der Waals surface area contributed by atoms with Crippen molar-refractivity contribution >= 4 is 78.8 Å². The number of pyridine rings is 2. The first-order valence-corrected chi connectivity index (χ1v) is 27.2. The minimum Gasteiger partial charge on any atom is -0.486 e. The Hall–Kier alpha value is -7.09. The summed E-state index contributed by atoms with van der Waals surface area (Å²) in [5, 5.41) is 9.01. The van der Waals surface area contributed by atoms with E-state index in [4.69, 9.17) is 14.4 Å². The maximum absolute atomic E-state index is 12.8. The largest absolute Gasteiger partial charge is 0.486 e. The molecule has 12 rings (SSSR count). The average Bonchev–Trinajstić information content (AvgIpc) is 3.94.